The Labute approximate surface area is 114 Å². The van der Waals surface area contributed by atoms with Crippen molar-refractivity contribution in [1.82, 2.24) is 4.31 Å². The van der Waals surface area contributed by atoms with Gasteiger partial charge in [0.1, 0.15) is 15.2 Å². The monoisotopic (exact) mass is 300 g/mol. The molecular formula is C11H12N2O4S2. The van der Waals surface area contributed by atoms with E-state index in [0.29, 0.717) is 4.88 Å². The second kappa shape index (κ2) is 4.92. The minimum atomic E-state index is -3.69. The first-order valence-electron chi connectivity index (χ1n) is 5.59. The Morgan fingerprint density at radius 1 is 1.53 bits per heavy atom. The van der Waals surface area contributed by atoms with Crippen LogP contribution < -0.4 is 0 Å². The molecule has 1 aliphatic heterocycles. The number of carboxylic acids is 1. The zero-order chi connectivity index (χ0) is 14.2. The van der Waals surface area contributed by atoms with Crippen LogP contribution in [0.3, 0.4) is 0 Å². The van der Waals surface area contributed by atoms with Crippen LogP contribution >= 0.6 is 11.3 Å². The maximum atomic E-state index is 12.3. The smallest absolute Gasteiger partial charge is 0.308 e. The Kier molecular flexibility index (Phi) is 3.62. The predicted molar refractivity (Wildman–Crippen MR) is 68.1 cm³/mol. The molecule has 2 atom stereocenters. The third-order valence-electron chi connectivity index (χ3n) is 3.18. The molecule has 1 aromatic heterocycles. The Hall–Kier alpha value is -1.43. The summed E-state index contributed by atoms with van der Waals surface area (Å²) in [4.78, 5) is 11.3. The van der Waals surface area contributed by atoms with Crippen LogP contribution in [-0.2, 0) is 14.8 Å². The van der Waals surface area contributed by atoms with E-state index in [1.807, 2.05) is 6.07 Å². The van der Waals surface area contributed by atoms with E-state index in [1.165, 1.54) is 16.4 Å². The molecule has 0 amide bonds. The molecule has 1 aliphatic rings. The van der Waals surface area contributed by atoms with Crippen LogP contribution in [0.15, 0.2) is 16.3 Å². The second-order valence-electron chi connectivity index (χ2n) is 4.47. The largest absolute Gasteiger partial charge is 0.481 e. The van der Waals surface area contributed by atoms with Crippen molar-refractivity contribution >= 4 is 27.3 Å². The van der Waals surface area contributed by atoms with Gasteiger partial charge in [-0.1, -0.05) is 6.92 Å². The van der Waals surface area contributed by atoms with Crippen LogP contribution in [0.1, 0.15) is 11.8 Å². The standard InChI is InChI=1S/C11H12N2O4S2/c1-7-5-13(6-9(7)11(14)15)19(16,17)10-3-2-8(4-12)18-10/h2-3,7,9H,5-6H2,1H3,(H,14,15)/t7-,9-/m1/s1. The molecule has 0 aromatic carbocycles. The van der Waals surface area contributed by atoms with Gasteiger partial charge in [-0.3, -0.25) is 4.79 Å². The molecule has 2 heterocycles. The van der Waals surface area contributed by atoms with E-state index in [4.69, 9.17) is 10.4 Å². The molecular weight excluding hydrogens is 288 g/mol. The van der Waals surface area contributed by atoms with Gasteiger partial charge in [0.25, 0.3) is 10.0 Å². The summed E-state index contributed by atoms with van der Waals surface area (Å²) < 4.78 is 25.9. The molecule has 6 nitrogen and oxygen atoms in total. The van der Waals surface area contributed by atoms with Crippen molar-refractivity contribution in [2.75, 3.05) is 13.1 Å². The molecule has 8 heteroatoms. The quantitative estimate of drug-likeness (QED) is 0.896. The molecule has 1 aromatic rings. The van der Waals surface area contributed by atoms with Crippen molar-refractivity contribution in [2.45, 2.75) is 11.1 Å². The molecule has 1 saturated heterocycles. The number of rotatable bonds is 3. The van der Waals surface area contributed by atoms with E-state index in [-0.39, 0.29) is 23.2 Å². The molecule has 0 bridgehead atoms. The van der Waals surface area contributed by atoms with Crippen LogP contribution in [0.2, 0.25) is 0 Å². The molecule has 0 saturated carbocycles. The number of carboxylic acid groups (broad SMARTS) is 1. The molecule has 102 valence electrons. The summed E-state index contributed by atoms with van der Waals surface area (Å²) in [5.41, 5.74) is 0. The molecule has 0 radical (unpaired) electrons. The van der Waals surface area contributed by atoms with Crippen molar-refractivity contribution < 1.29 is 18.3 Å². The zero-order valence-corrected chi connectivity index (χ0v) is 11.7. The molecule has 0 aliphatic carbocycles. The van der Waals surface area contributed by atoms with Gasteiger partial charge < -0.3 is 5.11 Å². The van der Waals surface area contributed by atoms with Gasteiger partial charge in [-0.2, -0.15) is 9.57 Å². The fourth-order valence-corrected chi connectivity index (χ4v) is 4.91. The lowest BCUT2D eigenvalue weighted by molar-refractivity contribution is -0.142. The lowest BCUT2D eigenvalue weighted by Gasteiger charge is -2.14. The van der Waals surface area contributed by atoms with Crippen LogP contribution in [-0.4, -0.2) is 36.9 Å². The first kappa shape index (κ1) is 14.0. The van der Waals surface area contributed by atoms with Gasteiger partial charge in [0, 0.05) is 13.1 Å². The van der Waals surface area contributed by atoms with Crippen LogP contribution in [0.25, 0.3) is 0 Å². The Balaban J connectivity index is 2.27. The van der Waals surface area contributed by atoms with Crippen molar-refractivity contribution in [3.8, 4) is 6.07 Å². The van der Waals surface area contributed by atoms with Crippen LogP contribution in [0, 0.1) is 23.2 Å². The van der Waals surface area contributed by atoms with Gasteiger partial charge in [-0.05, 0) is 18.1 Å². The second-order valence-corrected chi connectivity index (χ2v) is 7.72. The Morgan fingerprint density at radius 3 is 2.68 bits per heavy atom. The highest BCUT2D eigenvalue weighted by molar-refractivity contribution is 7.91. The van der Waals surface area contributed by atoms with Gasteiger partial charge in [0.15, 0.2) is 0 Å². The topological polar surface area (TPSA) is 98.5 Å². The van der Waals surface area contributed by atoms with Crippen molar-refractivity contribution in [2.24, 2.45) is 11.8 Å². The number of hydrogen-bond acceptors (Lipinski definition) is 5. The van der Waals surface area contributed by atoms with E-state index >= 15 is 0 Å². The maximum Gasteiger partial charge on any atom is 0.308 e. The fourth-order valence-electron chi connectivity index (χ4n) is 2.09. The third kappa shape index (κ3) is 2.49. The highest BCUT2D eigenvalue weighted by Crippen LogP contribution is 2.31. The average Bonchev–Trinajstić information content (AvgIpc) is 2.95. The Bertz CT molecular complexity index is 644. The highest BCUT2D eigenvalue weighted by Gasteiger charge is 2.41. The summed E-state index contributed by atoms with van der Waals surface area (Å²) in [5, 5.41) is 17.7. The molecule has 1 fully saturated rings. The number of aliphatic carboxylic acids is 1. The molecule has 0 unspecified atom stereocenters. The Morgan fingerprint density at radius 2 is 2.21 bits per heavy atom. The van der Waals surface area contributed by atoms with Gasteiger partial charge in [-0.15, -0.1) is 11.3 Å². The molecule has 2 rings (SSSR count). The predicted octanol–water partition coefficient (Wildman–Crippen LogP) is 0.961. The number of nitriles is 1. The fraction of sp³-hybridized carbons (Fsp3) is 0.455. The van der Waals surface area contributed by atoms with Crippen molar-refractivity contribution in [1.29, 1.82) is 5.26 Å². The average molecular weight is 300 g/mol. The van der Waals surface area contributed by atoms with Gasteiger partial charge >= 0.3 is 5.97 Å². The normalized spacial score (nSPS) is 24.2. The van der Waals surface area contributed by atoms with Crippen LogP contribution in [0.4, 0.5) is 0 Å². The summed E-state index contributed by atoms with van der Waals surface area (Å²) in [5.74, 6) is -1.87. The summed E-state index contributed by atoms with van der Waals surface area (Å²) >= 11 is 0.899. The minimum Gasteiger partial charge on any atom is -0.481 e. The first-order chi connectivity index (χ1) is 8.86. The van der Waals surface area contributed by atoms with E-state index in [9.17, 15) is 13.2 Å². The van der Waals surface area contributed by atoms with E-state index in [0.717, 1.165) is 11.3 Å². The molecule has 1 N–H and O–H groups in total. The third-order valence-corrected chi connectivity index (χ3v) is 6.47. The van der Waals surface area contributed by atoms with Gasteiger partial charge in [0.05, 0.1) is 5.92 Å². The lowest BCUT2D eigenvalue weighted by Crippen LogP contribution is -2.29. The van der Waals surface area contributed by atoms with Gasteiger partial charge in [0.2, 0.25) is 0 Å². The number of carbonyl (C=O) groups is 1. The van der Waals surface area contributed by atoms with E-state index in [2.05, 4.69) is 0 Å². The summed E-state index contributed by atoms with van der Waals surface area (Å²) in [6.45, 7) is 1.90. The number of nitrogens with zero attached hydrogens (tertiary/aromatic N) is 2. The highest BCUT2D eigenvalue weighted by atomic mass is 32.2. The van der Waals surface area contributed by atoms with Gasteiger partial charge in [-0.25, -0.2) is 8.42 Å². The first-order valence-corrected chi connectivity index (χ1v) is 7.85. The van der Waals surface area contributed by atoms with E-state index in [1.54, 1.807) is 6.92 Å². The minimum absolute atomic E-state index is 0.0153. The van der Waals surface area contributed by atoms with E-state index < -0.39 is 21.9 Å². The SMILES string of the molecule is C[C@@H]1CN(S(=O)(=O)c2ccc(C#N)s2)C[C@H]1C(=O)O. The van der Waals surface area contributed by atoms with Crippen molar-refractivity contribution in [3.63, 3.8) is 0 Å². The zero-order valence-electron chi connectivity index (χ0n) is 10.1. The lowest BCUT2D eigenvalue weighted by atomic mass is 9.99. The maximum absolute atomic E-state index is 12.3. The molecule has 19 heavy (non-hydrogen) atoms. The summed E-state index contributed by atoms with van der Waals surface area (Å²) in [6, 6.07) is 4.72. The molecule has 0 spiro atoms. The number of hydrogen-bond donors (Lipinski definition) is 1. The number of sulfonamides is 1. The number of thiophene rings is 1. The van der Waals surface area contributed by atoms with Crippen molar-refractivity contribution in [3.05, 3.63) is 17.0 Å². The summed E-state index contributed by atoms with van der Waals surface area (Å²) in [7, 11) is -3.69. The summed E-state index contributed by atoms with van der Waals surface area (Å²) in [6.07, 6.45) is 0. The van der Waals surface area contributed by atoms with Crippen LogP contribution in [0.5, 0.6) is 0 Å².